The van der Waals surface area contributed by atoms with Crippen molar-refractivity contribution in [2.45, 2.75) is 40.2 Å². The van der Waals surface area contributed by atoms with E-state index in [1.54, 1.807) is 0 Å². The molecule has 0 aromatic carbocycles. The molecule has 0 aliphatic rings. The Bertz CT molecular complexity index is 371. The normalized spacial score (nSPS) is 12.5. The number of rotatable bonds is 6. The zero-order chi connectivity index (χ0) is 12.8. The monoisotopic (exact) mass is 238 g/mol. The molecular weight excluding hydrogens is 216 g/mol. The lowest BCUT2D eigenvalue weighted by Crippen LogP contribution is -2.35. The summed E-state index contributed by atoms with van der Waals surface area (Å²) in [6.45, 7) is 9.11. The van der Waals surface area contributed by atoms with Crippen molar-refractivity contribution in [2.24, 2.45) is 0 Å². The van der Waals surface area contributed by atoms with Crippen molar-refractivity contribution in [3.8, 4) is 0 Å². The van der Waals surface area contributed by atoms with Gasteiger partial charge in [0.15, 0.2) is 0 Å². The zero-order valence-electron chi connectivity index (χ0n) is 11.1. The smallest absolute Gasteiger partial charge is 0.234 e. The van der Waals surface area contributed by atoms with Gasteiger partial charge >= 0.3 is 0 Å². The largest absolute Gasteiger partial charge is 0.466 e. The van der Waals surface area contributed by atoms with Crippen molar-refractivity contribution in [3.63, 3.8) is 0 Å². The molecule has 0 aliphatic carbocycles. The second kappa shape index (κ2) is 6.45. The molecule has 0 saturated carbocycles. The predicted octanol–water partition coefficient (Wildman–Crippen LogP) is 2.07. The summed E-state index contributed by atoms with van der Waals surface area (Å²) in [5.41, 5.74) is 1.05. The molecule has 96 valence electrons. The van der Waals surface area contributed by atoms with E-state index in [9.17, 15) is 4.79 Å². The molecule has 0 saturated heterocycles. The van der Waals surface area contributed by atoms with Crippen molar-refractivity contribution < 1.29 is 9.21 Å². The average molecular weight is 238 g/mol. The van der Waals surface area contributed by atoms with Crippen LogP contribution in [0.1, 0.15) is 43.4 Å². The third kappa shape index (κ3) is 4.23. The van der Waals surface area contributed by atoms with Gasteiger partial charge in [0.05, 0.1) is 12.6 Å². The molecule has 0 radical (unpaired) electrons. The van der Waals surface area contributed by atoms with E-state index in [0.717, 1.165) is 30.0 Å². The summed E-state index contributed by atoms with van der Waals surface area (Å²) in [7, 11) is 0. The maximum Gasteiger partial charge on any atom is 0.234 e. The first-order chi connectivity index (χ1) is 8.04. The highest BCUT2D eigenvalue weighted by Gasteiger charge is 2.14. The van der Waals surface area contributed by atoms with Gasteiger partial charge in [0.25, 0.3) is 0 Å². The molecule has 0 aliphatic heterocycles. The number of nitrogens with one attached hydrogen (secondary N) is 2. The van der Waals surface area contributed by atoms with Crippen LogP contribution in [0.3, 0.4) is 0 Å². The molecule has 4 nitrogen and oxygen atoms in total. The lowest BCUT2D eigenvalue weighted by molar-refractivity contribution is -0.120. The summed E-state index contributed by atoms with van der Waals surface area (Å²) in [4.78, 5) is 11.6. The number of hydrogen-bond acceptors (Lipinski definition) is 3. The zero-order valence-corrected chi connectivity index (χ0v) is 11.1. The predicted molar refractivity (Wildman–Crippen MR) is 67.9 cm³/mol. The lowest BCUT2D eigenvalue weighted by Gasteiger charge is -2.13. The number of carbonyl (C=O) groups excluding carboxylic acids is 1. The van der Waals surface area contributed by atoms with Crippen molar-refractivity contribution >= 4 is 5.91 Å². The topological polar surface area (TPSA) is 54.3 Å². The van der Waals surface area contributed by atoms with Crippen molar-refractivity contribution in [1.82, 2.24) is 10.6 Å². The number of amides is 1. The van der Waals surface area contributed by atoms with E-state index in [4.69, 9.17) is 4.42 Å². The molecule has 1 heterocycles. The van der Waals surface area contributed by atoms with Crippen LogP contribution >= 0.6 is 0 Å². The maximum atomic E-state index is 11.6. The first kappa shape index (κ1) is 13.8. The Morgan fingerprint density at radius 1 is 1.47 bits per heavy atom. The van der Waals surface area contributed by atoms with Crippen LogP contribution in [0.25, 0.3) is 0 Å². The van der Waals surface area contributed by atoms with Crippen LogP contribution in [-0.2, 0) is 4.79 Å². The Kier molecular flexibility index (Phi) is 5.22. The fourth-order valence-electron chi connectivity index (χ4n) is 1.83. The molecule has 1 rings (SSSR count). The summed E-state index contributed by atoms with van der Waals surface area (Å²) >= 11 is 0. The summed E-state index contributed by atoms with van der Waals surface area (Å²) in [6.07, 6.45) is 1.03. The quantitative estimate of drug-likeness (QED) is 0.746. The molecule has 1 aromatic heterocycles. The second-order valence-corrected chi connectivity index (χ2v) is 4.33. The molecule has 0 spiro atoms. The second-order valence-electron chi connectivity index (χ2n) is 4.33. The van der Waals surface area contributed by atoms with Crippen LogP contribution in [0.5, 0.6) is 0 Å². The third-order valence-corrected chi connectivity index (χ3v) is 2.64. The standard InChI is InChI=1S/C13H22N2O2/c1-5-6-14-8-13(16)15-10(3)12-7-9(2)17-11(12)4/h7,10,14H,5-6,8H2,1-4H3,(H,15,16). The molecule has 1 amide bonds. The summed E-state index contributed by atoms with van der Waals surface area (Å²) < 4.78 is 5.45. The highest BCUT2D eigenvalue weighted by molar-refractivity contribution is 5.78. The maximum absolute atomic E-state index is 11.6. The first-order valence-electron chi connectivity index (χ1n) is 6.11. The number of furan rings is 1. The van der Waals surface area contributed by atoms with Gasteiger partial charge in [-0.2, -0.15) is 0 Å². The molecule has 1 atom stereocenters. The van der Waals surface area contributed by atoms with Gasteiger partial charge in [-0.1, -0.05) is 6.92 Å². The molecule has 1 aromatic rings. The van der Waals surface area contributed by atoms with Crippen LogP contribution in [0.15, 0.2) is 10.5 Å². The molecule has 4 heteroatoms. The van der Waals surface area contributed by atoms with Gasteiger partial charge in [-0.15, -0.1) is 0 Å². The molecule has 17 heavy (non-hydrogen) atoms. The van der Waals surface area contributed by atoms with Gasteiger partial charge in [-0.25, -0.2) is 0 Å². The number of aryl methyl sites for hydroxylation is 2. The highest BCUT2D eigenvalue weighted by Crippen LogP contribution is 2.20. The summed E-state index contributed by atoms with van der Waals surface area (Å²) in [6, 6.07) is 1.96. The van der Waals surface area contributed by atoms with E-state index >= 15 is 0 Å². The molecule has 2 N–H and O–H groups in total. The average Bonchev–Trinajstić information content (AvgIpc) is 2.58. The van der Waals surface area contributed by atoms with Crippen molar-refractivity contribution in [3.05, 3.63) is 23.2 Å². The van der Waals surface area contributed by atoms with Gasteiger partial charge < -0.3 is 15.1 Å². The van der Waals surface area contributed by atoms with Gasteiger partial charge in [0, 0.05) is 5.56 Å². The van der Waals surface area contributed by atoms with Gasteiger partial charge in [0.2, 0.25) is 5.91 Å². The fraction of sp³-hybridized carbons (Fsp3) is 0.615. The van der Waals surface area contributed by atoms with Crippen molar-refractivity contribution in [1.29, 1.82) is 0 Å². The van der Waals surface area contributed by atoms with Gasteiger partial charge in [-0.05, 0) is 39.8 Å². The van der Waals surface area contributed by atoms with E-state index in [2.05, 4.69) is 17.6 Å². The molecule has 0 bridgehead atoms. The SMILES string of the molecule is CCCNCC(=O)NC(C)c1cc(C)oc1C. The van der Waals surface area contributed by atoms with Gasteiger partial charge in [0.1, 0.15) is 11.5 Å². The van der Waals surface area contributed by atoms with E-state index in [1.165, 1.54) is 0 Å². The van der Waals surface area contributed by atoms with Crippen LogP contribution in [-0.4, -0.2) is 19.0 Å². The van der Waals surface area contributed by atoms with E-state index in [0.29, 0.717) is 6.54 Å². The Morgan fingerprint density at radius 2 is 2.18 bits per heavy atom. The van der Waals surface area contributed by atoms with Gasteiger partial charge in [-0.3, -0.25) is 4.79 Å². The Morgan fingerprint density at radius 3 is 2.71 bits per heavy atom. The third-order valence-electron chi connectivity index (χ3n) is 2.64. The van der Waals surface area contributed by atoms with E-state index < -0.39 is 0 Å². The number of hydrogen-bond donors (Lipinski definition) is 2. The molecule has 1 unspecified atom stereocenters. The molecular formula is C13H22N2O2. The Balaban J connectivity index is 2.46. The summed E-state index contributed by atoms with van der Waals surface area (Å²) in [5, 5.41) is 6.02. The minimum Gasteiger partial charge on any atom is -0.466 e. The Hall–Kier alpha value is -1.29. The van der Waals surface area contributed by atoms with Crippen molar-refractivity contribution in [2.75, 3.05) is 13.1 Å². The fourth-order valence-corrected chi connectivity index (χ4v) is 1.83. The lowest BCUT2D eigenvalue weighted by atomic mass is 10.1. The molecule has 0 fully saturated rings. The van der Waals surface area contributed by atoms with E-state index in [1.807, 2.05) is 26.8 Å². The van der Waals surface area contributed by atoms with E-state index in [-0.39, 0.29) is 11.9 Å². The minimum atomic E-state index is -0.0108. The van der Waals surface area contributed by atoms with Crippen LogP contribution in [0, 0.1) is 13.8 Å². The van der Waals surface area contributed by atoms with Crippen LogP contribution in [0.4, 0.5) is 0 Å². The van der Waals surface area contributed by atoms with Crippen LogP contribution in [0.2, 0.25) is 0 Å². The summed E-state index contributed by atoms with van der Waals surface area (Å²) in [5.74, 6) is 1.77. The minimum absolute atomic E-state index is 0.0108. The number of carbonyl (C=O) groups is 1. The first-order valence-corrected chi connectivity index (χ1v) is 6.11. The highest BCUT2D eigenvalue weighted by atomic mass is 16.3. The van der Waals surface area contributed by atoms with Crippen LogP contribution < -0.4 is 10.6 Å². The Labute approximate surface area is 103 Å².